The Hall–Kier alpha value is -1.84. The fraction of sp³-hybridized carbons (Fsp3) is 0.529. The van der Waals surface area contributed by atoms with E-state index in [0.717, 1.165) is 12.0 Å². The van der Waals surface area contributed by atoms with E-state index in [1.54, 1.807) is 12.1 Å². The van der Waals surface area contributed by atoms with E-state index >= 15 is 0 Å². The van der Waals surface area contributed by atoms with Gasteiger partial charge in [-0.2, -0.15) is 0 Å². The van der Waals surface area contributed by atoms with E-state index < -0.39 is 0 Å². The summed E-state index contributed by atoms with van der Waals surface area (Å²) < 4.78 is 5.55. The van der Waals surface area contributed by atoms with Gasteiger partial charge in [-0.3, -0.25) is 10.1 Å². The standard InChI is InChI=1S/C17H26N2O2/c1-6-11-21-17(18-14(5)12(2)3)19-16(20)15-9-7-13(4)8-10-15/h7-10,12,14H,6,11H2,1-5H3,(H,18,19,20). The largest absolute Gasteiger partial charge is 0.465 e. The van der Waals surface area contributed by atoms with E-state index in [9.17, 15) is 4.79 Å². The molecule has 0 spiro atoms. The molecule has 0 saturated carbocycles. The van der Waals surface area contributed by atoms with Crippen LogP contribution < -0.4 is 5.32 Å². The van der Waals surface area contributed by atoms with E-state index in [-0.39, 0.29) is 11.9 Å². The first-order chi connectivity index (χ1) is 9.93. The van der Waals surface area contributed by atoms with Gasteiger partial charge in [0.05, 0.1) is 12.6 Å². The number of rotatable bonds is 5. The highest BCUT2D eigenvalue weighted by atomic mass is 16.5. The minimum absolute atomic E-state index is 0.0928. The number of aryl methyl sites for hydroxylation is 1. The Kier molecular flexibility index (Phi) is 6.92. The second-order valence-electron chi connectivity index (χ2n) is 5.59. The van der Waals surface area contributed by atoms with E-state index in [2.05, 4.69) is 24.2 Å². The Bertz CT molecular complexity index is 478. The highest BCUT2D eigenvalue weighted by molar-refractivity contribution is 6.04. The number of carbonyl (C=O) groups is 1. The third-order valence-corrected chi connectivity index (χ3v) is 3.26. The van der Waals surface area contributed by atoms with Crippen LogP contribution in [0, 0.1) is 12.8 Å². The fourth-order valence-electron chi connectivity index (χ4n) is 1.51. The van der Waals surface area contributed by atoms with Crippen molar-refractivity contribution in [1.29, 1.82) is 0 Å². The van der Waals surface area contributed by atoms with Gasteiger partial charge in [-0.25, -0.2) is 4.99 Å². The van der Waals surface area contributed by atoms with Crippen LogP contribution in [0.4, 0.5) is 0 Å². The summed E-state index contributed by atoms with van der Waals surface area (Å²) in [6, 6.07) is 7.82. The number of hydrogen-bond acceptors (Lipinski definition) is 3. The normalized spacial score (nSPS) is 13.1. The van der Waals surface area contributed by atoms with Crippen molar-refractivity contribution < 1.29 is 9.53 Å². The molecule has 1 N–H and O–H groups in total. The van der Waals surface area contributed by atoms with Crippen LogP contribution >= 0.6 is 0 Å². The first kappa shape index (κ1) is 17.2. The highest BCUT2D eigenvalue weighted by Crippen LogP contribution is 2.06. The molecule has 0 heterocycles. The van der Waals surface area contributed by atoms with Gasteiger partial charge in [0, 0.05) is 5.56 Å². The average Bonchev–Trinajstić information content (AvgIpc) is 2.45. The molecular formula is C17H26N2O2. The lowest BCUT2D eigenvalue weighted by molar-refractivity contribution is 0.0965. The second kappa shape index (κ2) is 8.45. The predicted molar refractivity (Wildman–Crippen MR) is 86.6 cm³/mol. The molecular weight excluding hydrogens is 264 g/mol. The lowest BCUT2D eigenvalue weighted by Crippen LogP contribution is -2.34. The Morgan fingerprint density at radius 1 is 1.24 bits per heavy atom. The van der Waals surface area contributed by atoms with Crippen LogP contribution in [0.15, 0.2) is 29.3 Å². The summed E-state index contributed by atoms with van der Waals surface area (Å²) in [5, 5.41) is 2.76. The van der Waals surface area contributed by atoms with Crippen molar-refractivity contribution in [1.82, 2.24) is 5.32 Å². The van der Waals surface area contributed by atoms with E-state index in [4.69, 9.17) is 4.74 Å². The van der Waals surface area contributed by atoms with Crippen LogP contribution in [-0.2, 0) is 4.74 Å². The van der Waals surface area contributed by atoms with Crippen LogP contribution in [0.5, 0.6) is 0 Å². The summed E-state index contributed by atoms with van der Waals surface area (Å²) in [6.45, 7) is 10.7. The van der Waals surface area contributed by atoms with Crippen molar-refractivity contribution in [2.75, 3.05) is 6.61 Å². The number of nitrogens with zero attached hydrogens (tertiary/aromatic N) is 1. The number of ether oxygens (including phenoxy) is 1. The third-order valence-electron chi connectivity index (χ3n) is 3.26. The molecule has 21 heavy (non-hydrogen) atoms. The van der Waals surface area contributed by atoms with Gasteiger partial charge in [-0.05, 0) is 38.3 Å². The molecule has 1 atom stereocenters. The van der Waals surface area contributed by atoms with Crippen molar-refractivity contribution in [3.63, 3.8) is 0 Å². The molecule has 0 aliphatic rings. The molecule has 0 bridgehead atoms. The number of benzene rings is 1. The van der Waals surface area contributed by atoms with Crippen molar-refractivity contribution >= 4 is 11.9 Å². The third kappa shape index (κ3) is 5.98. The zero-order valence-corrected chi connectivity index (χ0v) is 13.6. The Balaban J connectivity index is 2.80. The number of carbonyl (C=O) groups excluding carboxylic acids is 1. The lowest BCUT2D eigenvalue weighted by atomic mass is 10.1. The van der Waals surface area contributed by atoms with Gasteiger partial charge in [0.2, 0.25) is 0 Å². The zero-order chi connectivity index (χ0) is 15.8. The number of nitrogens with one attached hydrogen (secondary N) is 1. The van der Waals surface area contributed by atoms with Crippen molar-refractivity contribution in [3.05, 3.63) is 35.4 Å². The Morgan fingerprint density at radius 2 is 1.86 bits per heavy atom. The number of aliphatic imine (C=N–C) groups is 1. The Labute approximate surface area is 127 Å². The molecule has 0 fully saturated rings. The summed E-state index contributed by atoms with van der Waals surface area (Å²) >= 11 is 0. The fourth-order valence-corrected chi connectivity index (χ4v) is 1.51. The van der Waals surface area contributed by atoms with Crippen molar-refractivity contribution in [2.45, 2.75) is 47.1 Å². The second-order valence-corrected chi connectivity index (χ2v) is 5.59. The monoisotopic (exact) mass is 290 g/mol. The van der Waals surface area contributed by atoms with Crippen LogP contribution in [-0.4, -0.2) is 24.6 Å². The number of amides is 1. The molecule has 1 rings (SSSR count). The van der Waals surface area contributed by atoms with E-state index in [1.807, 2.05) is 32.9 Å². The molecule has 4 heteroatoms. The zero-order valence-electron chi connectivity index (χ0n) is 13.6. The smallest absolute Gasteiger partial charge is 0.291 e. The molecule has 1 unspecified atom stereocenters. The van der Waals surface area contributed by atoms with Crippen molar-refractivity contribution in [3.8, 4) is 0 Å². The van der Waals surface area contributed by atoms with Crippen LogP contribution in [0.2, 0.25) is 0 Å². The van der Waals surface area contributed by atoms with Gasteiger partial charge < -0.3 is 4.74 Å². The summed E-state index contributed by atoms with van der Waals surface area (Å²) in [7, 11) is 0. The molecule has 0 aliphatic heterocycles. The molecule has 1 aromatic carbocycles. The van der Waals surface area contributed by atoms with Gasteiger partial charge in [0.15, 0.2) is 0 Å². The lowest BCUT2D eigenvalue weighted by Gasteiger charge is -2.15. The molecule has 1 aromatic rings. The topological polar surface area (TPSA) is 50.7 Å². The van der Waals surface area contributed by atoms with Gasteiger partial charge in [-0.15, -0.1) is 0 Å². The van der Waals surface area contributed by atoms with E-state index in [1.165, 1.54) is 0 Å². The molecule has 0 radical (unpaired) electrons. The minimum Gasteiger partial charge on any atom is -0.465 e. The molecule has 4 nitrogen and oxygen atoms in total. The Morgan fingerprint density at radius 3 is 2.38 bits per heavy atom. The van der Waals surface area contributed by atoms with Crippen molar-refractivity contribution in [2.24, 2.45) is 10.9 Å². The highest BCUT2D eigenvalue weighted by Gasteiger charge is 2.13. The van der Waals surface area contributed by atoms with Crippen LogP contribution in [0.1, 0.15) is 50.0 Å². The summed E-state index contributed by atoms with van der Waals surface area (Å²) in [5.41, 5.74) is 1.72. The maximum Gasteiger partial charge on any atom is 0.291 e. The maximum atomic E-state index is 12.2. The first-order valence-electron chi connectivity index (χ1n) is 7.52. The SMILES string of the molecule is CCCOC(=NC(C)C(C)C)NC(=O)c1ccc(C)cc1. The van der Waals surface area contributed by atoms with Crippen LogP contribution in [0.3, 0.4) is 0 Å². The van der Waals surface area contributed by atoms with Gasteiger partial charge in [-0.1, -0.05) is 38.5 Å². The first-order valence-corrected chi connectivity index (χ1v) is 7.52. The average molecular weight is 290 g/mol. The van der Waals surface area contributed by atoms with E-state index in [0.29, 0.717) is 24.1 Å². The number of hydrogen-bond donors (Lipinski definition) is 1. The quantitative estimate of drug-likeness (QED) is 0.666. The predicted octanol–water partition coefficient (Wildman–Crippen LogP) is 3.55. The van der Waals surface area contributed by atoms with Gasteiger partial charge in [0.25, 0.3) is 11.9 Å². The molecule has 0 aromatic heterocycles. The molecule has 116 valence electrons. The van der Waals surface area contributed by atoms with Gasteiger partial charge >= 0.3 is 0 Å². The maximum absolute atomic E-state index is 12.2. The van der Waals surface area contributed by atoms with Crippen LogP contribution in [0.25, 0.3) is 0 Å². The molecule has 0 saturated heterocycles. The summed E-state index contributed by atoms with van der Waals surface area (Å²) in [5.74, 6) is 0.197. The summed E-state index contributed by atoms with van der Waals surface area (Å²) in [4.78, 5) is 16.7. The minimum atomic E-state index is -0.194. The summed E-state index contributed by atoms with van der Waals surface area (Å²) in [6.07, 6.45) is 0.871. The molecule has 1 amide bonds. The molecule has 0 aliphatic carbocycles. The number of amidine groups is 1. The van der Waals surface area contributed by atoms with Gasteiger partial charge in [0.1, 0.15) is 0 Å².